The van der Waals surface area contributed by atoms with Gasteiger partial charge in [-0.25, -0.2) is 9.39 Å². The molecule has 134 valence electrons. The molecule has 1 heterocycles. The molecule has 6 nitrogen and oxygen atoms in total. The number of hydrogen-bond acceptors (Lipinski definition) is 4. The van der Waals surface area contributed by atoms with Crippen LogP contribution in [0.4, 0.5) is 4.79 Å². The third-order valence-corrected chi connectivity index (χ3v) is 4.05. The first-order valence-corrected chi connectivity index (χ1v) is 8.52. The Morgan fingerprint density at radius 2 is 1.88 bits per heavy atom. The molecule has 6 heteroatoms. The number of hydrogen-bond donors (Lipinski definition) is 1. The van der Waals surface area contributed by atoms with Crippen molar-refractivity contribution in [2.75, 3.05) is 39.4 Å². The second-order valence-corrected chi connectivity index (χ2v) is 7.39. The minimum atomic E-state index is -0.514. The minimum Gasteiger partial charge on any atom is -0.444 e. The van der Waals surface area contributed by atoms with E-state index >= 15 is 0 Å². The van der Waals surface area contributed by atoms with Crippen molar-refractivity contribution in [3.8, 4) is 0 Å². The average molecular weight is 336 g/mol. The molecule has 0 saturated carbocycles. The van der Waals surface area contributed by atoms with Gasteiger partial charge in [0, 0.05) is 6.54 Å². The first-order chi connectivity index (χ1) is 11.3. The largest absolute Gasteiger partial charge is 0.444 e. The highest BCUT2D eigenvalue weighted by molar-refractivity contribution is 5.68. The molecule has 0 bridgehead atoms. The lowest BCUT2D eigenvalue weighted by atomic mass is 10.2. The minimum absolute atomic E-state index is 0.300. The molecule has 0 aromatic heterocycles. The van der Waals surface area contributed by atoms with E-state index in [0.29, 0.717) is 37.4 Å². The summed E-state index contributed by atoms with van der Waals surface area (Å²) in [4.78, 5) is 14.3. The molecule has 1 aromatic rings. The number of nitrogens with two attached hydrogens (primary N) is 1. The number of rotatable bonds is 5. The van der Waals surface area contributed by atoms with Crippen LogP contribution < -0.4 is 5.84 Å². The standard InChI is InChI=1S/C18H30N3O3/c1-18(2,3)24-17(22)20(15-16-7-5-4-6-8-16)9-10-21(19)11-13-23-14-12-21/h4-8H,9-15,19H2,1-3H3/q+1. The number of carbonyl (C=O) groups excluding carboxylic acids is 1. The predicted octanol–water partition coefficient (Wildman–Crippen LogP) is 2.14. The first kappa shape index (κ1) is 18.7. The fraction of sp³-hybridized carbons (Fsp3) is 0.611. The molecule has 1 aliphatic rings. The Bertz CT molecular complexity index is 522. The molecule has 2 N–H and O–H groups in total. The van der Waals surface area contributed by atoms with Crippen LogP contribution >= 0.6 is 0 Å². The number of benzene rings is 1. The molecule has 2 rings (SSSR count). The van der Waals surface area contributed by atoms with Crippen LogP contribution in [0.3, 0.4) is 0 Å². The quantitative estimate of drug-likeness (QED) is 0.661. The number of nitrogens with zero attached hydrogens (tertiary/aromatic N) is 2. The third kappa shape index (κ3) is 6.11. The van der Waals surface area contributed by atoms with E-state index in [1.807, 2.05) is 51.1 Å². The summed E-state index contributed by atoms with van der Waals surface area (Å²) in [5, 5.41) is 0. The maximum atomic E-state index is 12.6. The average Bonchev–Trinajstić information content (AvgIpc) is 2.51. The van der Waals surface area contributed by atoms with Gasteiger partial charge in [0.15, 0.2) is 0 Å². The van der Waals surface area contributed by atoms with E-state index < -0.39 is 5.60 Å². The SMILES string of the molecule is CC(C)(C)OC(=O)N(CC[N+]1(N)CCOCC1)Cc1ccccc1. The van der Waals surface area contributed by atoms with E-state index in [2.05, 4.69) is 0 Å². The van der Waals surface area contributed by atoms with E-state index in [-0.39, 0.29) is 6.09 Å². The Balaban J connectivity index is 2.02. The van der Waals surface area contributed by atoms with Gasteiger partial charge in [0.25, 0.3) is 0 Å². The summed E-state index contributed by atoms with van der Waals surface area (Å²) in [6.07, 6.45) is -0.300. The van der Waals surface area contributed by atoms with Crippen molar-refractivity contribution in [1.29, 1.82) is 0 Å². The lowest BCUT2D eigenvalue weighted by Crippen LogP contribution is -2.62. The van der Waals surface area contributed by atoms with Gasteiger partial charge in [-0.15, -0.1) is 0 Å². The van der Waals surface area contributed by atoms with E-state index in [1.54, 1.807) is 4.90 Å². The van der Waals surface area contributed by atoms with Gasteiger partial charge in [-0.3, -0.25) is 4.90 Å². The molecule has 1 saturated heterocycles. The first-order valence-electron chi connectivity index (χ1n) is 8.52. The Morgan fingerprint density at radius 3 is 2.46 bits per heavy atom. The molecular weight excluding hydrogens is 306 g/mol. The number of quaternary nitrogens is 1. The van der Waals surface area contributed by atoms with Crippen LogP contribution in [0.25, 0.3) is 0 Å². The summed E-state index contributed by atoms with van der Waals surface area (Å²) < 4.78 is 11.4. The van der Waals surface area contributed by atoms with Crippen LogP contribution in [-0.2, 0) is 16.0 Å². The number of amides is 1. The lowest BCUT2D eigenvalue weighted by Gasteiger charge is -2.37. The molecule has 0 aliphatic carbocycles. The third-order valence-electron chi connectivity index (χ3n) is 4.05. The van der Waals surface area contributed by atoms with Gasteiger partial charge in [0.1, 0.15) is 25.2 Å². The van der Waals surface area contributed by atoms with Gasteiger partial charge in [0.05, 0.1) is 19.8 Å². The molecule has 0 atom stereocenters. The molecule has 1 fully saturated rings. The zero-order valence-electron chi connectivity index (χ0n) is 15.0. The summed E-state index contributed by atoms with van der Waals surface area (Å²) >= 11 is 0. The van der Waals surface area contributed by atoms with Crippen LogP contribution in [0.1, 0.15) is 26.3 Å². The van der Waals surface area contributed by atoms with Gasteiger partial charge in [0.2, 0.25) is 0 Å². The van der Waals surface area contributed by atoms with Gasteiger partial charge >= 0.3 is 6.09 Å². The molecule has 0 spiro atoms. The van der Waals surface area contributed by atoms with Crippen molar-refractivity contribution in [3.63, 3.8) is 0 Å². The predicted molar refractivity (Wildman–Crippen MR) is 93.0 cm³/mol. The Labute approximate surface area is 144 Å². The summed E-state index contributed by atoms with van der Waals surface area (Å²) in [6.45, 7) is 10.3. The zero-order valence-corrected chi connectivity index (χ0v) is 15.0. The summed E-state index contributed by atoms with van der Waals surface area (Å²) in [6, 6.07) is 9.94. The van der Waals surface area contributed by atoms with Crippen molar-refractivity contribution in [1.82, 2.24) is 4.90 Å². The zero-order chi connectivity index (χ0) is 17.6. The van der Waals surface area contributed by atoms with Crippen LogP contribution in [0.5, 0.6) is 0 Å². The van der Waals surface area contributed by atoms with Crippen LogP contribution in [0.15, 0.2) is 30.3 Å². The molecule has 0 radical (unpaired) electrons. The second-order valence-electron chi connectivity index (χ2n) is 7.39. The van der Waals surface area contributed by atoms with Gasteiger partial charge in [-0.1, -0.05) is 30.3 Å². The molecule has 1 aliphatic heterocycles. The van der Waals surface area contributed by atoms with Crippen LogP contribution in [-0.4, -0.2) is 60.6 Å². The molecule has 0 unspecified atom stereocenters. The molecular formula is C18H30N3O3+. The van der Waals surface area contributed by atoms with Crippen LogP contribution in [0, 0.1) is 0 Å². The number of carbonyl (C=O) groups is 1. The smallest absolute Gasteiger partial charge is 0.410 e. The van der Waals surface area contributed by atoms with E-state index in [1.165, 1.54) is 0 Å². The van der Waals surface area contributed by atoms with Gasteiger partial charge in [-0.05, 0) is 26.3 Å². The van der Waals surface area contributed by atoms with Crippen molar-refractivity contribution >= 4 is 6.09 Å². The van der Waals surface area contributed by atoms with Crippen molar-refractivity contribution in [2.45, 2.75) is 32.9 Å². The molecule has 24 heavy (non-hydrogen) atoms. The van der Waals surface area contributed by atoms with Crippen molar-refractivity contribution in [3.05, 3.63) is 35.9 Å². The highest BCUT2D eigenvalue weighted by Crippen LogP contribution is 2.14. The van der Waals surface area contributed by atoms with E-state index in [9.17, 15) is 4.79 Å². The normalized spacial score (nSPS) is 17.3. The van der Waals surface area contributed by atoms with Crippen molar-refractivity contribution < 1.29 is 18.9 Å². The number of morpholine rings is 1. The fourth-order valence-electron chi connectivity index (χ4n) is 2.62. The monoisotopic (exact) mass is 336 g/mol. The lowest BCUT2D eigenvalue weighted by molar-refractivity contribution is -0.946. The fourth-order valence-corrected chi connectivity index (χ4v) is 2.62. The summed E-state index contributed by atoms with van der Waals surface area (Å²) in [5.74, 6) is 6.41. The Hall–Kier alpha value is -1.63. The maximum Gasteiger partial charge on any atom is 0.410 e. The Morgan fingerprint density at radius 1 is 1.25 bits per heavy atom. The summed E-state index contributed by atoms with van der Waals surface area (Å²) in [7, 11) is 0. The number of ether oxygens (including phenoxy) is 2. The second kappa shape index (κ2) is 7.96. The topological polar surface area (TPSA) is 64.8 Å². The van der Waals surface area contributed by atoms with E-state index in [4.69, 9.17) is 15.3 Å². The van der Waals surface area contributed by atoms with E-state index in [0.717, 1.165) is 18.7 Å². The maximum absolute atomic E-state index is 12.6. The highest BCUT2D eigenvalue weighted by Gasteiger charge is 2.29. The van der Waals surface area contributed by atoms with Crippen LogP contribution in [0.2, 0.25) is 0 Å². The van der Waals surface area contributed by atoms with Gasteiger partial charge < -0.3 is 9.47 Å². The van der Waals surface area contributed by atoms with Crippen molar-refractivity contribution in [2.24, 2.45) is 5.84 Å². The Kier molecular flexibility index (Phi) is 6.21. The van der Waals surface area contributed by atoms with Gasteiger partial charge in [-0.2, -0.15) is 5.84 Å². The highest BCUT2D eigenvalue weighted by atomic mass is 16.6. The molecule has 1 amide bonds. The molecule has 1 aromatic carbocycles. The summed E-state index contributed by atoms with van der Waals surface area (Å²) in [5.41, 5.74) is 0.564.